The molecule has 3 aliphatic rings. The van der Waals surface area contributed by atoms with Gasteiger partial charge in [0.2, 0.25) is 5.91 Å². The summed E-state index contributed by atoms with van der Waals surface area (Å²) in [5.41, 5.74) is 0. The van der Waals surface area contributed by atoms with Crippen LogP contribution in [0.4, 0.5) is 0 Å². The van der Waals surface area contributed by atoms with Crippen LogP contribution in [0.2, 0.25) is 0 Å². The van der Waals surface area contributed by atoms with Crippen LogP contribution < -0.4 is 0 Å². The molecule has 0 spiro atoms. The van der Waals surface area contributed by atoms with Crippen LogP contribution in [-0.2, 0) is 4.79 Å². The number of carbonyl (C=O) groups excluding carboxylic acids is 1. The van der Waals surface area contributed by atoms with Crippen molar-refractivity contribution in [2.75, 3.05) is 26.2 Å². The normalized spacial score (nSPS) is 34.0. The van der Waals surface area contributed by atoms with E-state index in [1.54, 1.807) is 6.92 Å². The molecule has 0 N–H and O–H groups in total. The van der Waals surface area contributed by atoms with Crippen molar-refractivity contribution in [3.05, 3.63) is 0 Å². The minimum Gasteiger partial charge on any atom is -0.337 e. The Balaban J connectivity index is 2.07. The predicted molar refractivity (Wildman–Crippen MR) is 56.5 cm³/mol. The van der Waals surface area contributed by atoms with Crippen molar-refractivity contribution < 1.29 is 4.79 Å². The maximum Gasteiger partial charge on any atom is 0.240 e. The van der Waals surface area contributed by atoms with E-state index in [-0.39, 0.29) is 11.3 Å². The molecule has 3 fully saturated rings. The largest absolute Gasteiger partial charge is 0.337 e. The van der Waals surface area contributed by atoms with Gasteiger partial charge in [-0.3, -0.25) is 4.79 Å². The van der Waals surface area contributed by atoms with Crippen molar-refractivity contribution in [2.24, 2.45) is 0 Å². The van der Waals surface area contributed by atoms with Crippen LogP contribution in [0.1, 0.15) is 19.8 Å². The standard InChI is InChI=1S/C10H17ClN2O/c1-8(11)10(14)13-7-6-12-4-2-9(13)3-5-12/h8-9H,2-7H2,1H3. The predicted octanol–water partition coefficient (Wildman–Crippen LogP) is 0.920. The van der Waals surface area contributed by atoms with Gasteiger partial charge in [0.25, 0.3) is 0 Å². The Morgan fingerprint density at radius 3 is 2.50 bits per heavy atom. The van der Waals surface area contributed by atoms with Gasteiger partial charge in [0.15, 0.2) is 0 Å². The van der Waals surface area contributed by atoms with Crippen molar-refractivity contribution in [1.82, 2.24) is 9.80 Å². The fourth-order valence-electron chi connectivity index (χ4n) is 2.40. The van der Waals surface area contributed by atoms with Crippen molar-refractivity contribution in [2.45, 2.75) is 31.2 Å². The molecular weight excluding hydrogens is 200 g/mol. The Labute approximate surface area is 90.0 Å². The summed E-state index contributed by atoms with van der Waals surface area (Å²) in [4.78, 5) is 16.2. The number of halogens is 1. The monoisotopic (exact) mass is 216 g/mol. The van der Waals surface area contributed by atoms with Crippen molar-refractivity contribution in [1.29, 1.82) is 0 Å². The van der Waals surface area contributed by atoms with Gasteiger partial charge in [-0.15, -0.1) is 11.6 Å². The van der Waals surface area contributed by atoms with Gasteiger partial charge in [0.05, 0.1) is 0 Å². The van der Waals surface area contributed by atoms with Gasteiger partial charge in [0.1, 0.15) is 5.38 Å². The third-order valence-corrected chi connectivity index (χ3v) is 3.47. The molecule has 14 heavy (non-hydrogen) atoms. The summed E-state index contributed by atoms with van der Waals surface area (Å²) < 4.78 is 0. The molecule has 3 saturated heterocycles. The van der Waals surface area contributed by atoms with Crippen LogP contribution in [0.3, 0.4) is 0 Å². The van der Waals surface area contributed by atoms with E-state index < -0.39 is 0 Å². The number of hydrogen-bond donors (Lipinski definition) is 0. The molecule has 3 aliphatic heterocycles. The zero-order chi connectivity index (χ0) is 10.1. The van der Waals surface area contributed by atoms with Crippen LogP contribution in [0, 0.1) is 0 Å². The average Bonchev–Trinajstić information content (AvgIpc) is 2.49. The first-order valence-corrected chi connectivity index (χ1v) is 5.79. The van der Waals surface area contributed by atoms with Gasteiger partial charge < -0.3 is 9.80 Å². The van der Waals surface area contributed by atoms with Gasteiger partial charge >= 0.3 is 0 Å². The highest BCUT2D eigenvalue weighted by Gasteiger charge is 2.32. The fraction of sp³-hybridized carbons (Fsp3) is 0.900. The highest BCUT2D eigenvalue weighted by molar-refractivity contribution is 6.30. The Kier molecular flexibility index (Phi) is 2.98. The molecule has 80 valence electrons. The molecule has 0 aliphatic carbocycles. The highest BCUT2D eigenvalue weighted by Crippen LogP contribution is 2.21. The van der Waals surface area contributed by atoms with E-state index in [0.29, 0.717) is 6.04 Å². The molecule has 0 aromatic heterocycles. The van der Waals surface area contributed by atoms with Crippen LogP contribution in [0.15, 0.2) is 0 Å². The van der Waals surface area contributed by atoms with Gasteiger partial charge in [-0.05, 0) is 19.8 Å². The lowest BCUT2D eigenvalue weighted by atomic mass is 10.1. The van der Waals surface area contributed by atoms with Crippen molar-refractivity contribution in [3.63, 3.8) is 0 Å². The third kappa shape index (κ3) is 1.89. The zero-order valence-corrected chi connectivity index (χ0v) is 9.33. The lowest BCUT2D eigenvalue weighted by Crippen LogP contribution is -2.44. The summed E-state index contributed by atoms with van der Waals surface area (Å²) >= 11 is 5.85. The molecule has 1 unspecified atom stereocenters. The Morgan fingerprint density at radius 1 is 1.29 bits per heavy atom. The Bertz CT molecular complexity index is 224. The number of fused-ring (bicyclic) bond motifs is 4. The maximum atomic E-state index is 11.8. The number of amides is 1. The van der Waals surface area contributed by atoms with Gasteiger partial charge in [-0.25, -0.2) is 0 Å². The van der Waals surface area contributed by atoms with Gasteiger partial charge in [0, 0.05) is 32.2 Å². The SMILES string of the molecule is CC(Cl)C(=O)N1CCN2CCC1CC2. The first-order valence-electron chi connectivity index (χ1n) is 5.35. The second-order valence-electron chi connectivity index (χ2n) is 4.22. The number of rotatable bonds is 1. The maximum absolute atomic E-state index is 11.8. The second-order valence-corrected chi connectivity index (χ2v) is 4.88. The summed E-state index contributed by atoms with van der Waals surface area (Å²) in [6, 6.07) is 0.447. The number of alkyl halides is 1. The third-order valence-electron chi connectivity index (χ3n) is 3.28. The minimum absolute atomic E-state index is 0.111. The quantitative estimate of drug-likeness (QED) is 0.609. The molecule has 4 heteroatoms. The number of hydrogen-bond acceptors (Lipinski definition) is 2. The molecule has 3 heterocycles. The zero-order valence-electron chi connectivity index (χ0n) is 8.58. The summed E-state index contributed by atoms with van der Waals surface area (Å²) in [5, 5.41) is -0.373. The van der Waals surface area contributed by atoms with Crippen LogP contribution in [-0.4, -0.2) is 53.3 Å². The Hall–Kier alpha value is -0.280. The fourth-order valence-corrected chi connectivity index (χ4v) is 2.53. The topological polar surface area (TPSA) is 23.6 Å². The number of piperidine rings is 1. The second kappa shape index (κ2) is 4.07. The van der Waals surface area contributed by atoms with Gasteiger partial charge in [-0.2, -0.15) is 0 Å². The molecule has 0 aromatic rings. The van der Waals surface area contributed by atoms with Crippen LogP contribution in [0.25, 0.3) is 0 Å². The molecule has 3 rings (SSSR count). The average molecular weight is 217 g/mol. The molecule has 3 nitrogen and oxygen atoms in total. The van der Waals surface area contributed by atoms with Gasteiger partial charge in [-0.1, -0.05) is 0 Å². The summed E-state index contributed by atoms with van der Waals surface area (Å²) in [5.74, 6) is 0.111. The van der Waals surface area contributed by atoms with E-state index in [0.717, 1.165) is 39.0 Å². The van der Waals surface area contributed by atoms with E-state index in [1.807, 2.05) is 4.90 Å². The molecule has 1 atom stereocenters. The summed E-state index contributed by atoms with van der Waals surface area (Å²) in [6.45, 7) is 5.93. The molecule has 0 saturated carbocycles. The lowest BCUT2D eigenvalue weighted by Gasteiger charge is -2.32. The summed E-state index contributed by atoms with van der Waals surface area (Å²) in [7, 11) is 0. The van der Waals surface area contributed by atoms with E-state index >= 15 is 0 Å². The van der Waals surface area contributed by atoms with Crippen LogP contribution in [0.5, 0.6) is 0 Å². The molecule has 0 radical (unpaired) electrons. The molecule has 0 aromatic carbocycles. The van der Waals surface area contributed by atoms with Crippen molar-refractivity contribution >= 4 is 17.5 Å². The lowest BCUT2D eigenvalue weighted by molar-refractivity contribution is -0.132. The Morgan fingerprint density at radius 2 is 1.93 bits per heavy atom. The van der Waals surface area contributed by atoms with Crippen LogP contribution >= 0.6 is 11.6 Å². The molecule has 2 bridgehead atoms. The first kappa shape index (κ1) is 10.2. The number of nitrogens with zero attached hydrogens (tertiary/aromatic N) is 2. The van der Waals surface area contributed by atoms with E-state index in [1.165, 1.54) is 0 Å². The van der Waals surface area contributed by atoms with E-state index in [2.05, 4.69) is 4.90 Å². The van der Waals surface area contributed by atoms with E-state index in [9.17, 15) is 4.79 Å². The first-order chi connectivity index (χ1) is 6.68. The number of carbonyl (C=O) groups is 1. The summed E-state index contributed by atoms with van der Waals surface area (Å²) in [6.07, 6.45) is 2.24. The smallest absolute Gasteiger partial charge is 0.240 e. The van der Waals surface area contributed by atoms with Crippen molar-refractivity contribution in [3.8, 4) is 0 Å². The molecule has 1 amide bonds. The highest BCUT2D eigenvalue weighted by atomic mass is 35.5. The minimum atomic E-state index is -0.373. The molecular formula is C10H17ClN2O. The van der Waals surface area contributed by atoms with E-state index in [4.69, 9.17) is 11.6 Å².